The van der Waals surface area contributed by atoms with Gasteiger partial charge in [0.1, 0.15) is 23.2 Å². The summed E-state index contributed by atoms with van der Waals surface area (Å²) >= 11 is 1.05. The number of anilines is 1. The Bertz CT molecular complexity index is 1760. The van der Waals surface area contributed by atoms with Gasteiger partial charge in [0.2, 0.25) is 5.91 Å². The highest BCUT2D eigenvalue weighted by molar-refractivity contribution is 7.17. The maximum atomic E-state index is 13.6. The number of benzene rings is 2. The smallest absolute Gasteiger partial charge is 0.350 e. The number of para-hydroxylation sites is 1. The van der Waals surface area contributed by atoms with E-state index in [0.717, 1.165) is 39.2 Å². The number of carbonyl (C=O) groups excluding carboxylic acids is 2. The van der Waals surface area contributed by atoms with E-state index in [9.17, 15) is 14.4 Å². The fourth-order valence-electron chi connectivity index (χ4n) is 4.78. The number of carbonyl (C=O) groups is 2. The molecule has 2 aromatic carbocycles. The Hall–Kier alpha value is -4.57. The fraction of sp³-hybridized carbons (Fsp3) is 0.233. The molecule has 1 N–H and O–H groups in total. The molecule has 3 aromatic heterocycles. The number of hydrogen-bond acceptors (Lipinski definition) is 7. The van der Waals surface area contributed by atoms with E-state index >= 15 is 0 Å². The summed E-state index contributed by atoms with van der Waals surface area (Å²) in [4.78, 5) is 44.5. The lowest BCUT2D eigenvalue weighted by Gasteiger charge is -2.20. The van der Waals surface area contributed by atoms with Gasteiger partial charge in [-0.05, 0) is 50.5 Å². The first-order chi connectivity index (χ1) is 19.3. The van der Waals surface area contributed by atoms with E-state index in [4.69, 9.17) is 9.84 Å². The third kappa shape index (κ3) is 5.17. The highest BCUT2D eigenvalue weighted by atomic mass is 32.1. The average Bonchev–Trinajstić information content (AvgIpc) is 3.49. The molecule has 9 nitrogen and oxygen atoms in total. The van der Waals surface area contributed by atoms with Crippen LogP contribution in [0.25, 0.3) is 16.7 Å². The van der Waals surface area contributed by atoms with Crippen molar-refractivity contribution in [1.82, 2.24) is 19.3 Å². The molecule has 0 aliphatic heterocycles. The first-order valence-corrected chi connectivity index (χ1v) is 13.8. The van der Waals surface area contributed by atoms with Crippen LogP contribution in [0.15, 0.2) is 71.5 Å². The van der Waals surface area contributed by atoms with Gasteiger partial charge in [-0.15, -0.1) is 0 Å². The molecule has 0 radical (unpaired) electrons. The van der Waals surface area contributed by atoms with Gasteiger partial charge in [-0.2, -0.15) is 5.10 Å². The lowest BCUT2D eigenvalue weighted by atomic mass is 10.1. The molecule has 0 aliphatic carbocycles. The molecule has 10 heteroatoms. The van der Waals surface area contributed by atoms with Gasteiger partial charge in [-0.25, -0.2) is 14.5 Å². The first kappa shape index (κ1) is 27.0. The van der Waals surface area contributed by atoms with Gasteiger partial charge in [0.15, 0.2) is 5.13 Å². The zero-order valence-corrected chi connectivity index (χ0v) is 23.5. The van der Waals surface area contributed by atoms with Gasteiger partial charge < -0.3 is 10.1 Å². The minimum Gasteiger partial charge on any atom is -0.457 e. The minimum absolute atomic E-state index is 0.136. The van der Waals surface area contributed by atoms with Crippen LogP contribution in [0.4, 0.5) is 5.13 Å². The van der Waals surface area contributed by atoms with Crippen molar-refractivity contribution in [1.29, 1.82) is 0 Å². The summed E-state index contributed by atoms with van der Waals surface area (Å²) in [6, 6.07) is 19.6. The Morgan fingerprint density at radius 1 is 1.00 bits per heavy atom. The van der Waals surface area contributed by atoms with Gasteiger partial charge in [0.25, 0.3) is 5.56 Å². The number of ether oxygens (including phenoxy) is 1. The lowest BCUT2D eigenvalue weighted by molar-refractivity contribution is -0.119. The fourth-order valence-corrected chi connectivity index (χ4v) is 5.65. The van der Waals surface area contributed by atoms with Crippen molar-refractivity contribution in [2.45, 2.75) is 46.8 Å². The average molecular weight is 556 g/mol. The second-order valence-electron chi connectivity index (χ2n) is 9.48. The largest absolute Gasteiger partial charge is 0.457 e. The predicted octanol–water partition coefficient (Wildman–Crippen LogP) is 5.52. The van der Waals surface area contributed by atoms with Gasteiger partial charge in [-0.3, -0.25) is 14.2 Å². The monoisotopic (exact) mass is 555 g/mol. The number of aromatic nitrogens is 4. The molecule has 1 atom stereocenters. The quantitative estimate of drug-likeness (QED) is 0.253. The highest BCUT2D eigenvalue weighted by Gasteiger charge is 2.27. The Balaban J connectivity index is 1.46. The summed E-state index contributed by atoms with van der Waals surface area (Å²) in [5, 5.41) is 8.63. The summed E-state index contributed by atoms with van der Waals surface area (Å²) in [6.07, 6.45) is 0.346. The Morgan fingerprint density at radius 3 is 2.35 bits per heavy atom. The van der Waals surface area contributed by atoms with Gasteiger partial charge in [-0.1, -0.05) is 66.8 Å². The van der Waals surface area contributed by atoms with E-state index in [1.807, 2.05) is 81.4 Å². The maximum Gasteiger partial charge on any atom is 0.350 e. The maximum absolute atomic E-state index is 13.6. The van der Waals surface area contributed by atoms with Crippen LogP contribution in [0.5, 0.6) is 0 Å². The zero-order valence-electron chi connectivity index (χ0n) is 22.7. The van der Waals surface area contributed by atoms with Crippen LogP contribution < -0.4 is 10.9 Å². The van der Waals surface area contributed by atoms with Gasteiger partial charge >= 0.3 is 5.97 Å². The van der Waals surface area contributed by atoms with Crippen LogP contribution in [0.1, 0.15) is 51.6 Å². The van der Waals surface area contributed by atoms with Crippen molar-refractivity contribution in [3.8, 4) is 5.69 Å². The highest BCUT2D eigenvalue weighted by Crippen LogP contribution is 2.29. The topological polar surface area (TPSA) is 108 Å². The number of esters is 1. The second kappa shape index (κ2) is 11.3. The number of hydrogen-bond donors (Lipinski definition) is 1. The Kier molecular flexibility index (Phi) is 7.61. The van der Waals surface area contributed by atoms with Crippen molar-refractivity contribution in [2.75, 3.05) is 5.32 Å². The van der Waals surface area contributed by atoms with E-state index in [0.29, 0.717) is 22.6 Å². The van der Waals surface area contributed by atoms with E-state index < -0.39 is 17.9 Å². The number of aryl methyl sites for hydroxylation is 3. The van der Waals surface area contributed by atoms with Crippen LogP contribution in [-0.4, -0.2) is 31.2 Å². The number of nitrogens with one attached hydrogen (secondary N) is 1. The van der Waals surface area contributed by atoms with Crippen LogP contribution in [0, 0.1) is 20.8 Å². The normalized spacial score (nSPS) is 11.9. The number of fused-ring (bicyclic) bond motifs is 1. The molecular weight excluding hydrogens is 526 g/mol. The molecule has 5 aromatic rings. The molecule has 1 unspecified atom stereocenters. The summed E-state index contributed by atoms with van der Waals surface area (Å²) in [5.41, 5.74) is 3.91. The third-order valence-corrected chi connectivity index (χ3v) is 7.72. The SMILES string of the molecule is CCC(C(=O)Nc1nc(C)c(C(=O)OCc2ccccc2)s1)n1c(=O)cc(C)c2c(C)nn(-c3ccccc3)c21. The molecule has 0 saturated carbocycles. The van der Waals surface area contributed by atoms with Crippen molar-refractivity contribution in [3.05, 3.63) is 104 Å². The molecule has 1 amide bonds. The first-order valence-electron chi connectivity index (χ1n) is 12.9. The molecule has 204 valence electrons. The number of rotatable bonds is 8. The number of thiazole rings is 1. The third-order valence-electron chi connectivity index (χ3n) is 6.66. The summed E-state index contributed by atoms with van der Waals surface area (Å²) < 4.78 is 8.66. The predicted molar refractivity (Wildman–Crippen MR) is 155 cm³/mol. The van der Waals surface area contributed by atoms with Crippen molar-refractivity contribution in [3.63, 3.8) is 0 Å². The van der Waals surface area contributed by atoms with Gasteiger partial charge in [0.05, 0.1) is 17.1 Å². The van der Waals surface area contributed by atoms with E-state index in [-0.39, 0.29) is 17.3 Å². The van der Waals surface area contributed by atoms with Crippen LogP contribution in [-0.2, 0) is 16.1 Å². The van der Waals surface area contributed by atoms with E-state index in [1.165, 1.54) is 10.6 Å². The number of nitrogens with zero attached hydrogens (tertiary/aromatic N) is 4. The summed E-state index contributed by atoms with van der Waals surface area (Å²) in [7, 11) is 0. The summed E-state index contributed by atoms with van der Waals surface area (Å²) in [5.74, 6) is -0.920. The minimum atomic E-state index is -0.841. The van der Waals surface area contributed by atoms with Crippen molar-refractivity contribution in [2.24, 2.45) is 0 Å². The molecule has 40 heavy (non-hydrogen) atoms. The molecule has 0 fully saturated rings. The van der Waals surface area contributed by atoms with Crippen LogP contribution in [0.2, 0.25) is 0 Å². The van der Waals surface area contributed by atoms with Gasteiger partial charge in [0, 0.05) is 11.5 Å². The molecule has 0 bridgehead atoms. The molecule has 0 aliphatic rings. The summed E-state index contributed by atoms with van der Waals surface area (Å²) in [6.45, 7) is 7.43. The van der Waals surface area contributed by atoms with Crippen molar-refractivity contribution < 1.29 is 14.3 Å². The number of amides is 1. The molecule has 0 saturated heterocycles. The standard InChI is InChI=1S/C30H29N5O4S/c1-5-23(27(37)32-30-31-20(4)26(40-30)29(38)39-17-21-12-8-6-9-13-21)34-24(36)16-18(2)25-19(3)33-35(28(25)34)22-14-10-7-11-15-22/h6-16,23H,5,17H2,1-4H3,(H,31,32,37). The van der Waals surface area contributed by atoms with E-state index in [2.05, 4.69) is 10.3 Å². The lowest BCUT2D eigenvalue weighted by Crippen LogP contribution is -2.34. The van der Waals surface area contributed by atoms with Crippen molar-refractivity contribution >= 4 is 39.4 Å². The van der Waals surface area contributed by atoms with E-state index in [1.54, 1.807) is 11.6 Å². The molecule has 3 heterocycles. The molecule has 5 rings (SSSR count). The Labute approximate surface area is 235 Å². The van der Waals surface area contributed by atoms with Crippen LogP contribution in [0.3, 0.4) is 0 Å². The number of pyridine rings is 1. The van der Waals surface area contributed by atoms with Crippen LogP contribution >= 0.6 is 11.3 Å². The molecular formula is C30H29N5O4S. The molecule has 0 spiro atoms. The zero-order chi connectivity index (χ0) is 28.4. The second-order valence-corrected chi connectivity index (χ2v) is 10.5. The Morgan fingerprint density at radius 2 is 1.68 bits per heavy atom.